The molecule has 6 aromatic rings. The molecule has 6 aromatic carbocycles. The minimum absolute atomic E-state index is 1.25. The van der Waals surface area contributed by atoms with Crippen LogP contribution in [0.1, 0.15) is 0 Å². The Morgan fingerprint density at radius 2 is 0.938 bits per heavy atom. The van der Waals surface area contributed by atoms with Crippen LogP contribution in [0, 0.1) is 0 Å². The Morgan fingerprint density at radius 1 is 0.312 bits per heavy atom. The van der Waals surface area contributed by atoms with Gasteiger partial charge in [-0.15, -0.1) is 0 Å². The first kappa shape index (κ1) is 17.5. The van der Waals surface area contributed by atoms with Crippen molar-refractivity contribution < 1.29 is 0 Å². The Labute approximate surface area is 187 Å². The molecule has 7 rings (SSSR count). The van der Waals surface area contributed by atoms with Gasteiger partial charge in [0.25, 0.3) is 0 Å². The predicted molar refractivity (Wildman–Crippen MR) is 137 cm³/mol. The Hall–Kier alpha value is -4.16. The summed E-state index contributed by atoms with van der Waals surface area (Å²) in [4.78, 5) is 0. The summed E-state index contributed by atoms with van der Waals surface area (Å²) in [6, 6.07) is 44.3. The quantitative estimate of drug-likeness (QED) is 0.270. The molecular weight excluding hydrogens is 384 g/mol. The van der Waals surface area contributed by atoms with Crippen molar-refractivity contribution in [3.8, 4) is 44.5 Å². The van der Waals surface area contributed by atoms with Gasteiger partial charge in [0.2, 0.25) is 0 Å². The van der Waals surface area contributed by atoms with Crippen LogP contribution in [0.15, 0.2) is 121 Å². The fraction of sp³-hybridized carbons (Fsp3) is 0. The van der Waals surface area contributed by atoms with Crippen molar-refractivity contribution in [2.75, 3.05) is 0 Å². The molecule has 0 bridgehead atoms. The van der Waals surface area contributed by atoms with E-state index in [1.165, 1.54) is 66.1 Å². The number of fused-ring (bicyclic) bond motifs is 4. The molecule has 0 aliphatic heterocycles. The predicted octanol–water partition coefficient (Wildman–Crippen LogP) is 8.97. The summed E-state index contributed by atoms with van der Waals surface area (Å²) in [5, 5.41) is 5.25. The van der Waals surface area contributed by atoms with Crippen LogP contribution < -0.4 is 0 Å². The van der Waals surface area contributed by atoms with Crippen LogP contribution in [0.4, 0.5) is 0 Å². The molecule has 0 atom stereocenters. The van der Waals surface area contributed by atoms with E-state index in [2.05, 4.69) is 121 Å². The summed E-state index contributed by atoms with van der Waals surface area (Å²) in [6.07, 6.45) is 0. The van der Waals surface area contributed by atoms with Crippen LogP contribution in [0.3, 0.4) is 0 Å². The number of hydrogen-bond donors (Lipinski definition) is 0. The van der Waals surface area contributed by atoms with Gasteiger partial charge in [0.15, 0.2) is 0 Å². The fourth-order valence-electron chi connectivity index (χ4n) is 5.28. The second kappa shape index (κ2) is 6.67. The normalized spacial score (nSPS) is 11.8. The lowest BCUT2D eigenvalue weighted by atomic mass is 9.92. The van der Waals surface area contributed by atoms with Crippen LogP contribution in [-0.2, 0) is 0 Å². The van der Waals surface area contributed by atoms with E-state index in [1.54, 1.807) is 0 Å². The minimum Gasteiger partial charge on any atom is -0.0622 e. The van der Waals surface area contributed by atoms with Crippen molar-refractivity contribution in [1.29, 1.82) is 0 Å². The van der Waals surface area contributed by atoms with Gasteiger partial charge in [-0.3, -0.25) is 0 Å². The van der Waals surface area contributed by atoms with Crippen molar-refractivity contribution in [2.45, 2.75) is 0 Å². The van der Waals surface area contributed by atoms with Gasteiger partial charge < -0.3 is 0 Å². The molecule has 0 aromatic heterocycles. The van der Waals surface area contributed by atoms with Gasteiger partial charge in [0.1, 0.15) is 0 Å². The van der Waals surface area contributed by atoms with Gasteiger partial charge in [-0.2, -0.15) is 0 Å². The van der Waals surface area contributed by atoms with E-state index in [-0.39, 0.29) is 0 Å². The molecule has 0 unspecified atom stereocenters. The molecule has 0 radical (unpaired) electrons. The highest BCUT2D eigenvalue weighted by atomic mass is 14.2. The molecule has 0 nitrogen and oxygen atoms in total. The fourth-order valence-corrected chi connectivity index (χ4v) is 5.28. The Morgan fingerprint density at radius 3 is 1.75 bits per heavy atom. The number of hydrogen-bond acceptors (Lipinski definition) is 0. The molecule has 0 spiro atoms. The third kappa shape index (κ3) is 2.50. The molecule has 0 heterocycles. The van der Waals surface area contributed by atoms with Gasteiger partial charge in [-0.05, 0) is 78.2 Å². The summed E-state index contributed by atoms with van der Waals surface area (Å²) < 4.78 is 0. The van der Waals surface area contributed by atoms with Gasteiger partial charge in [0, 0.05) is 0 Å². The van der Waals surface area contributed by atoms with Crippen LogP contribution >= 0.6 is 0 Å². The lowest BCUT2D eigenvalue weighted by Crippen LogP contribution is -1.85. The third-order valence-corrected chi connectivity index (χ3v) is 6.81. The molecule has 0 heteroatoms. The van der Waals surface area contributed by atoms with Crippen LogP contribution in [0.2, 0.25) is 0 Å². The van der Waals surface area contributed by atoms with Crippen molar-refractivity contribution in [3.63, 3.8) is 0 Å². The van der Waals surface area contributed by atoms with E-state index in [9.17, 15) is 0 Å². The average molecular weight is 405 g/mol. The monoisotopic (exact) mass is 404 g/mol. The summed E-state index contributed by atoms with van der Waals surface area (Å²) in [6.45, 7) is 0. The summed E-state index contributed by atoms with van der Waals surface area (Å²) in [5.41, 5.74) is 10.5. The Bertz CT molecular complexity index is 1630. The van der Waals surface area contributed by atoms with Crippen molar-refractivity contribution in [1.82, 2.24) is 0 Å². The first-order valence-corrected chi connectivity index (χ1v) is 11.1. The Balaban J connectivity index is 1.44. The third-order valence-electron chi connectivity index (χ3n) is 6.81. The van der Waals surface area contributed by atoms with E-state index in [1.807, 2.05) is 0 Å². The topological polar surface area (TPSA) is 0 Å². The number of rotatable bonds is 2. The standard InChI is InChI=1S/C32H20/c1-2-7-21(8-3-1)23-15-13-22-14-16-24(20-25(22)19-23)26-17-18-31-28-10-5-4-9-27(28)30-12-6-11-29(26)32(30)31/h1-20H. The van der Waals surface area contributed by atoms with Crippen LogP contribution in [0.5, 0.6) is 0 Å². The van der Waals surface area contributed by atoms with Gasteiger partial charge in [-0.25, -0.2) is 0 Å². The van der Waals surface area contributed by atoms with E-state index in [0.29, 0.717) is 0 Å². The molecule has 0 fully saturated rings. The van der Waals surface area contributed by atoms with E-state index >= 15 is 0 Å². The summed E-state index contributed by atoms with van der Waals surface area (Å²) in [5.74, 6) is 0. The van der Waals surface area contributed by atoms with Gasteiger partial charge >= 0.3 is 0 Å². The van der Waals surface area contributed by atoms with E-state index < -0.39 is 0 Å². The zero-order chi connectivity index (χ0) is 21.1. The maximum atomic E-state index is 2.34. The molecule has 32 heavy (non-hydrogen) atoms. The zero-order valence-electron chi connectivity index (χ0n) is 17.5. The highest BCUT2D eigenvalue weighted by Gasteiger charge is 2.22. The molecule has 0 amide bonds. The van der Waals surface area contributed by atoms with E-state index in [4.69, 9.17) is 0 Å². The molecule has 1 aliphatic rings. The number of benzene rings is 6. The van der Waals surface area contributed by atoms with E-state index in [0.717, 1.165) is 0 Å². The lowest BCUT2D eigenvalue weighted by Gasteiger charge is -2.11. The van der Waals surface area contributed by atoms with Crippen molar-refractivity contribution in [2.24, 2.45) is 0 Å². The smallest absolute Gasteiger partial charge is 0.00201 e. The summed E-state index contributed by atoms with van der Waals surface area (Å²) in [7, 11) is 0. The van der Waals surface area contributed by atoms with Crippen LogP contribution in [0.25, 0.3) is 66.1 Å². The highest BCUT2D eigenvalue weighted by Crippen LogP contribution is 2.49. The minimum atomic E-state index is 1.25. The summed E-state index contributed by atoms with van der Waals surface area (Å²) >= 11 is 0. The SMILES string of the molecule is c1ccc(-c2ccc3ccc(-c4ccc5c6c(cccc46)-c4ccccc4-5)cc3c2)cc1. The van der Waals surface area contributed by atoms with Crippen LogP contribution in [-0.4, -0.2) is 0 Å². The van der Waals surface area contributed by atoms with Gasteiger partial charge in [-0.1, -0.05) is 109 Å². The molecule has 0 saturated carbocycles. The lowest BCUT2D eigenvalue weighted by molar-refractivity contribution is 1.64. The first-order chi connectivity index (χ1) is 15.9. The Kier molecular flexibility index (Phi) is 3.65. The maximum Gasteiger partial charge on any atom is -0.00201 e. The second-order valence-electron chi connectivity index (χ2n) is 8.58. The van der Waals surface area contributed by atoms with Crippen molar-refractivity contribution >= 4 is 21.5 Å². The first-order valence-electron chi connectivity index (χ1n) is 11.1. The van der Waals surface area contributed by atoms with Gasteiger partial charge in [0.05, 0.1) is 0 Å². The largest absolute Gasteiger partial charge is 0.0622 e. The molecule has 1 aliphatic carbocycles. The molecule has 148 valence electrons. The zero-order valence-corrected chi connectivity index (χ0v) is 17.5. The molecule has 0 N–H and O–H groups in total. The highest BCUT2D eigenvalue weighted by molar-refractivity contribution is 6.18. The molecular formula is C32H20. The second-order valence-corrected chi connectivity index (χ2v) is 8.58. The average Bonchev–Trinajstić information content (AvgIpc) is 3.20. The maximum absolute atomic E-state index is 2.34. The van der Waals surface area contributed by atoms with Crippen molar-refractivity contribution in [3.05, 3.63) is 121 Å². The molecule has 0 saturated heterocycles.